The largest absolute Gasteiger partial charge is 0.376 e. The number of rotatable bonds is 6. The van der Waals surface area contributed by atoms with Crippen molar-refractivity contribution >= 4 is 16.0 Å². The molecule has 3 heterocycles. The summed E-state index contributed by atoms with van der Waals surface area (Å²) in [6.07, 6.45) is 7.50. The molecule has 3 fully saturated rings. The molecule has 1 saturated carbocycles. The Kier molecular flexibility index (Phi) is 6.06. The van der Waals surface area contributed by atoms with E-state index in [0.29, 0.717) is 30.4 Å². The molecule has 29 heavy (non-hydrogen) atoms. The minimum Gasteiger partial charge on any atom is -0.376 e. The minimum atomic E-state index is -3.27. The van der Waals surface area contributed by atoms with Crippen LogP contribution in [-0.2, 0) is 14.8 Å². The van der Waals surface area contributed by atoms with Crippen molar-refractivity contribution in [3.05, 3.63) is 18.2 Å². The highest BCUT2D eigenvalue weighted by atomic mass is 32.2. The Morgan fingerprint density at radius 3 is 2.62 bits per heavy atom. The molecule has 1 aliphatic carbocycles. The second-order valence-electron chi connectivity index (χ2n) is 8.76. The van der Waals surface area contributed by atoms with Crippen LogP contribution in [0.3, 0.4) is 0 Å². The Morgan fingerprint density at radius 1 is 1.28 bits per heavy atom. The van der Waals surface area contributed by atoms with Gasteiger partial charge < -0.3 is 15.0 Å². The third-order valence-corrected chi connectivity index (χ3v) is 7.06. The van der Waals surface area contributed by atoms with Gasteiger partial charge in [0, 0.05) is 31.2 Å². The fraction of sp³-hybridized carbons (Fsp3) is 0.789. The zero-order valence-electron chi connectivity index (χ0n) is 16.9. The minimum absolute atomic E-state index is 0.00862. The predicted octanol–water partition coefficient (Wildman–Crippen LogP) is 0.905. The first-order chi connectivity index (χ1) is 13.8. The summed E-state index contributed by atoms with van der Waals surface area (Å²) < 4.78 is 45.8. The molecule has 162 valence electrons. The molecule has 10 heteroatoms. The van der Waals surface area contributed by atoms with Crippen molar-refractivity contribution in [1.29, 1.82) is 0 Å². The Balaban J connectivity index is 1.30. The molecule has 0 bridgehead atoms. The molecule has 4 rings (SSSR count). The summed E-state index contributed by atoms with van der Waals surface area (Å²) in [7, 11) is -3.27. The molecule has 2 saturated heterocycles. The van der Waals surface area contributed by atoms with Crippen LogP contribution in [-0.4, -0.2) is 68.6 Å². The van der Waals surface area contributed by atoms with Crippen molar-refractivity contribution in [2.24, 2.45) is 11.8 Å². The summed E-state index contributed by atoms with van der Waals surface area (Å²) in [5, 5.41) is 3.62. The highest BCUT2D eigenvalue weighted by Gasteiger charge is 2.48. The summed E-state index contributed by atoms with van der Waals surface area (Å²) in [4.78, 5) is 10.1. The van der Waals surface area contributed by atoms with Crippen LogP contribution in [0.4, 0.5) is 10.3 Å². The summed E-state index contributed by atoms with van der Waals surface area (Å²) in [5.41, 5.74) is 0. The van der Waals surface area contributed by atoms with Gasteiger partial charge >= 0.3 is 0 Å². The van der Waals surface area contributed by atoms with E-state index in [4.69, 9.17) is 4.74 Å². The van der Waals surface area contributed by atoms with E-state index >= 15 is 0 Å². The molecule has 8 nitrogen and oxygen atoms in total. The fourth-order valence-electron chi connectivity index (χ4n) is 5.10. The first-order valence-electron chi connectivity index (χ1n) is 10.4. The van der Waals surface area contributed by atoms with E-state index in [1.165, 1.54) is 18.6 Å². The topological polar surface area (TPSA) is 96.5 Å². The lowest BCUT2D eigenvalue weighted by molar-refractivity contribution is 0.0218. The van der Waals surface area contributed by atoms with Crippen molar-refractivity contribution in [3.8, 4) is 0 Å². The molecule has 5 atom stereocenters. The number of hydrogen-bond donors (Lipinski definition) is 2. The van der Waals surface area contributed by atoms with Gasteiger partial charge in [-0.3, -0.25) is 0 Å². The number of aromatic nitrogens is 2. The Labute approximate surface area is 171 Å². The molecular formula is C19H30FN5O3S. The molecule has 0 aromatic carbocycles. The van der Waals surface area contributed by atoms with Crippen molar-refractivity contribution < 1.29 is 17.5 Å². The molecule has 3 aliphatic rings. The molecule has 0 spiro atoms. The van der Waals surface area contributed by atoms with Gasteiger partial charge in [0.05, 0.1) is 31.4 Å². The molecule has 2 N–H and O–H groups in total. The van der Waals surface area contributed by atoms with Gasteiger partial charge in [-0.25, -0.2) is 27.5 Å². The van der Waals surface area contributed by atoms with Crippen LogP contribution in [0, 0.1) is 17.7 Å². The number of ether oxygens (including phenoxy) is 1. The lowest BCUT2D eigenvalue weighted by Crippen LogP contribution is -2.49. The molecule has 1 aromatic heterocycles. The first kappa shape index (κ1) is 20.9. The Morgan fingerprint density at radius 2 is 1.97 bits per heavy atom. The number of fused-ring (bicyclic) bond motifs is 1. The lowest BCUT2D eigenvalue weighted by Gasteiger charge is -2.33. The van der Waals surface area contributed by atoms with E-state index in [1.54, 1.807) is 0 Å². The maximum atomic E-state index is 13.0. The van der Waals surface area contributed by atoms with Crippen LogP contribution < -0.4 is 14.9 Å². The van der Waals surface area contributed by atoms with Crippen LogP contribution in [0.2, 0.25) is 0 Å². The quantitative estimate of drug-likeness (QED) is 0.696. The summed E-state index contributed by atoms with van der Waals surface area (Å²) >= 11 is 0. The molecule has 2 aliphatic heterocycles. The van der Waals surface area contributed by atoms with E-state index in [9.17, 15) is 12.8 Å². The second-order valence-corrected chi connectivity index (χ2v) is 10.5. The number of sulfonamides is 1. The standard InChI is InChI=1S/C19H30FN5O3S/c1-12-7-15-16(8-12)23-17(18(15)24-29(2,26)27)11-28-14-3-5-25(6-4-14)19-21-9-13(20)10-22-19/h9-10,12,14-18,23-24H,3-8,11H2,1-2H3/t12-,15+,16-,17+,18+/m1/s1. The number of piperidine rings is 1. The van der Waals surface area contributed by atoms with E-state index in [1.807, 2.05) is 4.90 Å². The van der Waals surface area contributed by atoms with E-state index in [2.05, 4.69) is 26.9 Å². The monoisotopic (exact) mass is 427 g/mol. The van der Waals surface area contributed by atoms with Gasteiger partial charge in [0.2, 0.25) is 16.0 Å². The van der Waals surface area contributed by atoms with Crippen LogP contribution in [0.1, 0.15) is 32.6 Å². The molecule has 0 radical (unpaired) electrons. The number of anilines is 1. The van der Waals surface area contributed by atoms with Crippen molar-refractivity contribution in [3.63, 3.8) is 0 Å². The van der Waals surface area contributed by atoms with Crippen molar-refractivity contribution in [1.82, 2.24) is 20.0 Å². The normalized spacial score (nSPS) is 33.2. The zero-order valence-corrected chi connectivity index (χ0v) is 17.7. The van der Waals surface area contributed by atoms with E-state index < -0.39 is 15.8 Å². The van der Waals surface area contributed by atoms with Crippen molar-refractivity contribution in [2.75, 3.05) is 30.9 Å². The summed E-state index contributed by atoms with van der Waals surface area (Å²) in [6, 6.07) is 0.230. The third-order valence-electron chi connectivity index (χ3n) is 6.36. The molecule has 1 aromatic rings. The highest BCUT2D eigenvalue weighted by molar-refractivity contribution is 7.88. The molecule has 0 amide bonds. The average Bonchev–Trinajstić information content (AvgIpc) is 3.17. The molecule has 0 unspecified atom stereocenters. The number of nitrogens with zero attached hydrogens (tertiary/aromatic N) is 3. The fourth-order valence-corrected chi connectivity index (χ4v) is 5.93. The van der Waals surface area contributed by atoms with Gasteiger partial charge in [0.25, 0.3) is 0 Å². The maximum Gasteiger partial charge on any atom is 0.225 e. The van der Waals surface area contributed by atoms with Crippen LogP contribution in [0.25, 0.3) is 0 Å². The van der Waals surface area contributed by atoms with E-state index in [-0.39, 0.29) is 18.2 Å². The zero-order chi connectivity index (χ0) is 20.6. The Hall–Kier alpha value is -1.36. The SMILES string of the molecule is C[C@@H]1C[C@@H]2[C@H](NS(C)(=O)=O)[C@H](COC3CCN(c4ncc(F)cn4)CC3)N[C@@H]2C1. The van der Waals surface area contributed by atoms with E-state index in [0.717, 1.165) is 38.8 Å². The lowest BCUT2D eigenvalue weighted by atomic mass is 9.95. The van der Waals surface area contributed by atoms with Crippen LogP contribution >= 0.6 is 0 Å². The van der Waals surface area contributed by atoms with Gasteiger partial charge in [0.15, 0.2) is 5.82 Å². The number of nitrogens with one attached hydrogen (secondary N) is 2. The van der Waals surface area contributed by atoms with Gasteiger partial charge in [-0.05, 0) is 37.5 Å². The summed E-state index contributed by atoms with van der Waals surface area (Å²) in [5.74, 6) is 1.04. The highest BCUT2D eigenvalue weighted by Crippen LogP contribution is 2.39. The van der Waals surface area contributed by atoms with Crippen LogP contribution in [0.15, 0.2) is 12.4 Å². The van der Waals surface area contributed by atoms with Crippen LogP contribution in [0.5, 0.6) is 0 Å². The molecular weight excluding hydrogens is 397 g/mol. The Bertz CT molecular complexity index is 801. The van der Waals surface area contributed by atoms with Gasteiger partial charge in [0.1, 0.15) is 0 Å². The predicted molar refractivity (Wildman–Crippen MR) is 108 cm³/mol. The summed E-state index contributed by atoms with van der Waals surface area (Å²) in [6.45, 7) is 4.22. The van der Waals surface area contributed by atoms with Crippen molar-refractivity contribution in [2.45, 2.75) is 56.8 Å². The number of hydrogen-bond acceptors (Lipinski definition) is 7. The first-order valence-corrected chi connectivity index (χ1v) is 12.2. The second kappa shape index (κ2) is 8.41. The average molecular weight is 428 g/mol. The smallest absolute Gasteiger partial charge is 0.225 e. The number of halogens is 1. The maximum absolute atomic E-state index is 13.0. The third kappa shape index (κ3) is 5.04. The van der Waals surface area contributed by atoms with Gasteiger partial charge in [-0.15, -0.1) is 0 Å². The van der Waals surface area contributed by atoms with Gasteiger partial charge in [-0.1, -0.05) is 6.92 Å². The van der Waals surface area contributed by atoms with Gasteiger partial charge in [-0.2, -0.15) is 0 Å².